The lowest BCUT2D eigenvalue weighted by atomic mass is 9.97. The normalized spacial score (nSPS) is 12.1. The van der Waals surface area contributed by atoms with E-state index in [1.165, 1.54) is 72.6 Å². The van der Waals surface area contributed by atoms with Crippen LogP contribution in [0.15, 0.2) is 154 Å². The Morgan fingerprint density at radius 1 is 0.364 bits per heavy atom. The van der Waals surface area contributed by atoms with Gasteiger partial charge in [-0.1, -0.05) is 100 Å². The minimum Gasteiger partial charge on any atom is -0.456 e. The molecule has 0 spiro atoms. The maximum Gasteiger partial charge on any atom is 0.147 e. The zero-order chi connectivity index (χ0) is 45.7. The molecule has 0 atom stereocenters. The molecule has 11 rings (SSSR count). The van der Waals surface area contributed by atoms with E-state index in [9.17, 15) is 0 Å². The summed E-state index contributed by atoms with van der Waals surface area (Å²) in [5.41, 5.74) is 20.5. The highest BCUT2D eigenvalue weighted by Crippen LogP contribution is 2.47. The number of anilines is 6. The molecule has 9 aromatic carbocycles. The molecule has 326 valence electrons. The van der Waals surface area contributed by atoms with Gasteiger partial charge in [0.15, 0.2) is 0 Å². The Hall–Kier alpha value is -7.30. The van der Waals surface area contributed by atoms with Gasteiger partial charge in [0.25, 0.3) is 0 Å². The Morgan fingerprint density at radius 2 is 0.833 bits per heavy atom. The highest BCUT2D eigenvalue weighted by atomic mass is 16.3. The van der Waals surface area contributed by atoms with E-state index in [1.54, 1.807) is 0 Å². The molecule has 2 heterocycles. The summed E-state index contributed by atoms with van der Waals surface area (Å²) in [7, 11) is 0. The van der Waals surface area contributed by atoms with E-state index in [1.807, 2.05) is 0 Å². The first-order valence-corrected chi connectivity index (χ1v) is 23.5. The summed E-state index contributed by atoms with van der Waals surface area (Å²) in [4.78, 5) is 4.90. The van der Waals surface area contributed by atoms with Gasteiger partial charge in [0.1, 0.15) is 22.3 Å². The van der Waals surface area contributed by atoms with Crippen molar-refractivity contribution in [3.8, 4) is 0 Å². The van der Waals surface area contributed by atoms with Crippen LogP contribution in [0.3, 0.4) is 0 Å². The SMILES string of the molecule is Cc1ccc(C(C)C)cc1N(c1ccc2cc3c(cc2c1)oc1c3ccc2oc3cc4cc(N(c5cc(C(C)C)ccc5C)c5c(C)cccc5C)ccc4cc3c21)c1c(C)cccc1C. The molecule has 0 saturated carbocycles. The van der Waals surface area contributed by atoms with Crippen LogP contribution in [0.2, 0.25) is 0 Å². The Morgan fingerprint density at radius 3 is 1.32 bits per heavy atom. The number of aryl methyl sites for hydroxylation is 6. The number of para-hydroxylation sites is 2. The van der Waals surface area contributed by atoms with Crippen LogP contribution < -0.4 is 9.80 Å². The highest BCUT2D eigenvalue weighted by Gasteiger charge is 2.24. The van der Waals surface area contributed by atoms with Crippen LogP contribution in [0.25, 0.3) is 65.4 Å². The van der Waals surface area contributed by atoms with Gasteiger partial charge in [0.2, 0.25) is 0 Å². The Bertz CT molecular complexity index is 3710. The molecule has 0 amide bonds. The molecule has 0 saturated heterocycles. The fourth-order valence-electron chi connectivity index (χ4n) is 10.4. The lowest BCUT2D eigenvalue weighted by Crippen LogP contribution is -2.14. The third-order valence-corrected chi connectivity index (χ3v) is 14.1. The van der Waals surface area contributed by atoms with Crippen molar-refractivity contribution in [1.29, 1.82) is 0 Å². The van der Waals surface area contributed by atoms with Crippen molar-refractivity contribution in [1.82, 2.24) is 0 Å². The fraction of sp³-hybridized carbons (Fsp3) is 0.194. The summed E-state index contributed by atoms with van der Waals surface area (Å²) in [6.07, 6.45) is 0. The van der Waals surface area contributed by atoms with Gasteiger partial charge in [0, 0.05) is 38.9 Å². The zero-order valence-corrected chi connectivity index (χ0v) is 39.7. The fourth-order valence-corrected chi connectivity index (χ4v) is 10.4. The average Bonchev–Trinajstić information content (AvgIpc) is 3.84. The van der Waals surface area contributed by atoms with Gasteiger partial charge in [-0.15, -0.1) is 0 Å². The molecule has 4 heteroatoms. The van der Waals surface area contributed by atoms with Crippen molar-refractivity contribution in [2.24, 2.45) is 0 Å². The van der Waals surface area contributed by atoms with E-state index >= 15 is 0 Å². The summed E-state index contributed by atoms with van der Waals surface area (Å²) in [5.74, 6) is 0.833. The minimum atomic E-state index is 0.416. The largest absolute Gasteiger partial charge is 0.456 e. The number of benzene rings is 9. The van der Waals surface area contributed by atoms with E-state index in [4.69, 9.17) is 8.83 Å². The van der Waals surface area contributed by atoms with Crippen LogP contribution in [0.4, 0.5) is 34.1 Å². The minimum absolute atomic E-state index is 0.416. The van der Waals surface area contributed by atoms with Gasteiger partial charge in [-0.25, -0.2) is 0 Å². The molecular weight excluding hydrogens is 805 g/mol. The second-order valence-corrected chi connectivity index (χ2v) is 19.3. The molecule has 0 N–H and O–H groups in total. The van der Waals surface area contributed by atoms with Crippen molar-refractivity contribution in [2.75, 3.05) is 9.80 Å². The maximum absolute atomic E-state index is 6.95. The van der Waals surface area contributed by atoms with Gasteiger partial charge in [-0.05, 0) is 192 Å². The second kappa shape index (κ2) is 15.7. The molecule has 0 aliphatic carbocycles. The van der Waals surface area contributed by atoms with Crippen LogP contribution in [0.1, 0.15) is 84.0 Å². The lowest BCUT2D eigenvalue weighted by molar-refractivity contribution is 0.663. The van der Waals surface area contributed by atoms with Gasteiger partial charge in [-0.3, -0.25) is 0 Å². The molecule has 2 aromatic heterocycles. The quantitative estimate of drug-likeness (QED) is 0.152. The molecule has 0 aliphatic rings. The molecular formula is C62H56N2O2. The molecule has 0 bridgehead atoms. The number of hydrogen-bond donors (Lipinski definition) is 0. The maximum atomic E-state index is 6.95. The first kappa shape index (κ1) is 41.4. The summed E-state index contributed by atoms with van der Waals surface area (Å²) < 4.78 is 13.7. The third-order valence-electron chi connectivity index (χ3n) is 14.1. The molecule has 0 radical (unpaired) electrons. The van der Waals surface area contributed by atoms with E-state index in [2.05, 4.69) is 225 Å². The van der Waals surface area contributed by atoms with Crippen molar-refractivity contribution in [3.05, 3.63) is 190 Å². The van der Waals surface area contributed by atoms with Crippen molar-refractivity contribution in [3.63, 3.8) is 0 Å². The van der Waals surface area contributed by atoms with Crippen LogP contribution in [-0.4, -0.2) is 0 Å². The van der Waals surface area contributed by atoms with E-state index in [-0.39, 0.29) is 0 Å². The predicted molar refractivity (Wildman–Crippen MR) is 282 cm³/mol. The zero-order valence-electron chi connectivity index (χ0n) is 39.7. The molecule has 0 fully saturated rings. The van der Waals surface area contributed by atoms with Crippen LogP contribution >= 0.6 is 0 Å². The van der Waals surface area contributed by atoms with Crippen molar-refractivity contribution < 1.29 is 8.83 Å². The Kier molecular flexibility index (Phi) is 9.85. The Balaban J connectivity index is 1.05. The first-order chi connectivity index (χ1) is 31.8. The molecule has 66 heavy (non-hydrogen) atoms. The first-order valence-electron chi connectivity index (χ1n) is 23.5. The topological polar surface area (TPSA) is 32.8 Å². The summed E-state index contributed by atoms with van der Waals surface area (Å²) in [5, 5.41) is 8.82. The number of nitrogens with zero attached hydrogens (tertiary/aromatic N) is 2. The van der Waals surface area contributed by atoms with Crippen LogP contribution in [0, 0.1) is 41.5 Å². The highest BCUT2D eigenvalue weighted by molar-refractivity contribution is 6.24. The van der Waals surface area contributed by atoms with Crippen molar-refractivity contribution in [2.45, 2.75) is 81.1 Å². The molecule has 0 aliphatic heterocycles. The molecule has 11 aromatic rings. The van der Waals surface area contributed by atoms with Gasteiger partial charge in [-0.2, -0.15) is 0 Å². The summed E-state index contributed by atoms with van der Waals surface area (Å²) >= 11 is 0. The number of hydrogen-bond acceptors (Lipinski definition) is 4. The monoisotopic (exact) mass is 860 g/mol. The van der Waals surface area contributed by atoms with Crippen molar-refractivity contribution >= 4 is 99.5 Å². The van der Waals surface area contributed by atoms with E-state index in [0.29, 0.717) is 11.8 Å². The van der Waals surface area contributed by atoms with Gasteiger partial charge >= 0.3 is 0 Å². The Labute approximate surface area is 387 Å². The second-order valence-electron chi connectivity index (χ2n) is 19.3. The van der Waals surface area contributed by atoms with Crippen LogP contribution in [0.5, 0.6) is 0 Å². The van der Waals surface area contributed by atoms with Gasteiger partial charge in [0.05, 0.1) is 16.8 Å². The molecule has 0 unspecified atom stereocenters. The van der Waals surface area contributed by atoms with Crippen LogP contribution in [-0.2, 0) is 0 Å². The number of fused-ring (bicyclic) bond motifs is 9. The number of rotatable bonds is 8. The lowest BCUT2D eigenvalue weighted by Gasteiger charge is -2.31. The summed E-state index contributed by atoms with van der Waals surface area (Å²) in [6, 6.07) is 53.9. The summed E-state index contributed by atoms with van der Waals surface area (Å²) in [6.45, 7) is 22.3. The van der Waals surface area contributed by atoms with Gasteiger partial charge < -0.3 is 18.6 Å². The standard InChI is InChI=1S/C62H56N2O2/c1-35(2)43-19-17-37(5)54(31-43)63(60-39(7)13-11-14-40(60)8)49-23-21-45-29-52-51-25-26-56-59(62(51)66-57(52)33-47(45)27-49)53-30-46-22-24-50(28-48(46)34-58(53)65-56)64(61-41(9)15-12-16-42(61)10)55-32-44(36(3)4)20-18-38(55)6/h11-36H,1-10H3. The third kappa shape index (κ3) is 6.73. The predicted octanol–water partition coefficient (Wildman–Crippen LogP) is 18.8. The number of furan rings is 2. The molecule has 4 nitrogen and oxygen atoms in total. The van der Waals surface area contributed by atoms with E-state index in [0.717, 1.165) is 71.4 Å². The smallest absolute Gasteiger partial charge is 0.147 e. The van der Waals surface area contributed by atoms with E-state index < -0.39 is 0 Å². The average molecular weight is 861 g/mol.